The summed E-state index contributed by atoms with van der Waals surface area (Å²) in [5.74, 6) is 0. The molecule has 1 unspecified atom stereocenters. The van der Waals surface area contributed by atoms with E-state index in [-0.39, 0.29) is 5.38 Å². The summed E-state index contributed by atoms with van der Waals surface area (Å²) in [6, 6.07) is 8.23. The molecular weight excluding hydrogens is 324 g/mol. The van der Waals surface area contributed by atoms with Crippen molar-refractivity contribution in [3.8, 4) is 0 Å². The predicted molar refractivity (Wildman–Crippen MR) is 83.8 cm³/mol. The van der Waals surface area contributed by atoms with Crippen LogP contribution in [0, 0.1) is 13.8 Å². The summed E-state index contributed by atoms with van der Waals surface area (Å²) in [5.41, 5.74) is 4.60. The van der Waals surface area contributed by atoms with Gasteiger partial charge in [0.05, 0.1) is 17.6 Å². The zero-order valence-corrected chi connectivity index (χ0v) is 13.8. The highest BCUT2D eigenvalue weighted by atomic mass is 79.9. The molecule has 0 amide bonds. The lowest BCUT2D eigenvalue weighted by molar-refractivity contribution is 0.656. The number of nitrogens with zero attached hydrogens (tertiary/aromatic N) is 2. The van der Waals surface area contributed by atoms with E-state index in [2.05, 4.69) is 47.0 Å². The first kappa shape index (κ1) is 14.6. The van der Waals surface area contributed by atoms with Crippen LogP contribution in [0.4, 0.5) is 0 Å². The number of hydrogen-bond donors (Lipinski definition) is 0. The fourth-order valence-electron chi connectivity index (χ4n) is 2.31. The molecule has 0 aliphatic heterocycles. The van der Waals surface area contributed by atoms with E-state index >= 15 is 0 Å². The summed E-state index contributed by atoms with van der Waals surface area (Å²) >= 11 is 9.97. The zero-order chi connectivity index (χ0) is 14.0. The lowest BCUT2D eigenvalue weighted by Gasteiger charge is -2.09. The van der Waals surface area contributed by atoms with Crippen molar-refractivity contribution in [3.05, 3.63) is 51.3 Å². The Bertz CT molecular complexity index is 578. The Balaban J connectivity index is 2.35. The molecule has 0 aliphatic carbocycles. The van der Waals surface area contributed by atoms with Crippen LogP contribution in [0.15, 0.2) is 28.7 Å². The van der Waals surface area contributed by atoms with Crippen molar-refractivity contribution in [1.29, 1.82) is 0 Å². The minimum Gasteiger partial charge on any atom is -0.265 e. The average Bonchev–Trinajstić information content (AvgIpc) is 2.66. The van der Waals surface area contributed by atoms with Crippen molar-refractivity contribution in [2.75, 3.05) is 0 Å². The molecule has 0 N–H and O–H groups in total. The highest BCUT2D eigenvalue weighted by Gasteiger charge is 2.18. The third-order valence-electron chi connectivity index (χ3n) is 3.39. The summed E-state index contributed by atoms with van der Waals surface area (Å²) in [4.78, 5) is 0. The third-order valence-corrected chi connectivity index (χ3v) is 4.69. The van der Waals surface area contributed by atoms with Gasteiger partial charge in [0, 0.05) is 15.7 Å². The molecule has 4 heteroatoms. The van der Waals surface area contributed by atoms with E-state index < -0.39 is 0 Å². The van der Waals surface area contributed by atoms with Crippen LogP contribution in [0.2, 0.25) is 0 Å². The smallest absolute Gasteiger partial charge is 0.0673 e. The van der Waals surface area contributed by atoms with E-state index in [4.69, 9.17) is 11.6 Å². The van der Waals surface area contributed by atoms with Crippen LogP contribution in [0.25, 0.3) is 0 Å². The second-order valence-corrected chi connectivity index (χ2v) is 6.09. The van der Waals surface area contributed by atoms with E-state index in [1.807, 2.05) is 23.7 Å². The Hall–Kier alpha value is -0.800. The molecule has 0 saturated carbocycles. The van der Waals surface area contributed by atoms with Crippen LogP contribution in [-0.2, 0) is 6.54 Å². The van der Waals surface area contributed by atoms with Gasteiger partial charge in [-0.1, -0.05) is 41.1 Å². The maximum Gasteiger partial charge on any atom is 0.0673 e. The van der Waals surface area contributed by atoms with Crippen LogP contribution in [0.5, 0.6) is 0 Å². The first-order valence-electron chi connectivity index (χ1n) is 6.46. The van der Waals surface area contributed by atoms with Crippen LogP contribution >= 0.6 is 27.5 Å². The lowest BCUT2D eigenvalue weighted by Crippen LogP contribution is -2.05. The van der Waals surface area contributed by atoms with Gasteiger partial charge in [0.1, 0.15) is 0 Å². The Labute approximate surface area is 127 Å². The molecule has 1 aromatic heterocycles. The maximum absolute atomic E-state index is 6.39. The largest absolute Gasteiger partial charge is 0.265 e. The number of aromatic nitrogens is 2. The normalized spacial score (nSPS) is 12.7. The van der Waals surface area contributed by atoms with Gasteiger partial charge < -0.3 is 0 Å². The molecule has 0 bridgehead atoms. The minimum absolute atomic E-state index is 0.0490. The van der Waals surface area contributed by atoms with Crippen molar-refractivity contribution in [1.82, 2.24) is 9.78 Å². The number of benzene rings is 1. The average molecular weight is 342 g/mol. The molecule has 0 radical (unpaired) electrons. The standard InChI is InChI=1S/C15H18BrClN2/c1-4-14(17)15-10(2)18-19(11(15)3)9-12-7-5-6-8-13(12)16/h5-8,14H,4,9H2,1-3H3. The molecule has 2 nitrogen and oxygen atoms in total. The summed E-state index contributed by atoms with van der Waals surface area (Å²) in [5, 5.41) is 4.68. The lowest BCUT2D eigenvalue weighted by atomic mass is 10.1. The topological polar surface area (TPSA) is 17.8 Å². The van der Waals surface area contributed by atoms with E-state index in [1.54, 1.807) is 0 Å². The molecule has 0 fully saturated rings. The molecular formula is C15H18BrClN2. The third kappa shape index (κ3) is 3.03. The summed E-state index contributed by atoms with van der Waals surface area (Å²) in [6.45, 7) is 6.99. The number of alkyl halides is 1. The van der Waals surface area contributed by atoms with Gasteiger partial charge in [-0.3, -0.25) is 4.68 Å². The van der Waals surface area contributed by atoms with Gasteiger partial charge in [-0.25, -0.2) is 0 Å². The molecule has 1 atom stereocenters. The van der Waals surface area contributed by atoms with Crippen LogP contribution in [0.3, 0.4) is 0 Å². The highest BCUT2D eigenvalue weighted by molar-refractivity contribution is 9.10. The van der Waals surface area contributed by atoms with Crippen molar-refractivity contribution >= 4 is 27.5 Å². The van der Waals surface area contributed by atoms with E-state index in [0.29, 0.717) is 0 Å². The molecule has 0 saturated heterocycles. The van der Waals surface area contributed by atoms with Crippen LogP contribution < -0.4 is 0 Å². The summed E-state index contributed by atoms with van der Waals surface area (Å²) < 4.78 is 3.15. The van der Waals surface area contributed by atoms with Crippen molar-refractivity contribution in [2.45, 2.75) is 39.1 Å². The molecule has 0 spiro atoms. The molecule has 2 aromatic rings. The second-order valence-electron chi connectivity index (χ2n) is 4.71. The monoisotopic (exact) mass is 340 g/mol. The Morgan fingerprint density at radius 3 is 2.63 bits per heavy atom. The van der Waals surface area contributed by atoms with Gasteiger partial charge in [-0.05, 0) is 31.9 Å². The zero-order valence-electron chi connectivity index (χ0n) is 11.5. The van der Waals surface area contributed by atoms with Crippen molar-refractivity contribution in [3.63, 3.8) is 0 Å². The first-order chi connectivity index (χ1) is 9.04. The van der Waals surface area contributed by atoms with E-state index in [9.17, 15) is 0 Å². The van der Waals surface area contributed by atoms with Crippen molar-refractivity contribution in [2.24, 2.45) is 0 Å². The highest BCUT2D eigenvalue weighted by Crippen LogP contribution is 2.30. The Morgan fingerprint density at radius 2 is 2.00 bits per heavy atom. The number of rotatable bonds is 4. The molecule has 2 rings (SSSR count). The maximum atomic E-state index is 6.39. The molecule has 1 heterocycles. The molecule has 0 aliphatic rings. The molecule has 102 valence electrons. The van der Waals surface area contributed by atoms with E-state index in [1.165, 1.54) is 11.1 Å². The molecule has 19 heavy (non-hydrogen) atoms. The Kier molecular flexibility index (Phi) is 4.69. The van der Waals surface area contributed by atoms with E-state index in [0.717, 1.165) is 28.8 Å². The first-order valence-corrected chi connectivity index (χ1v) is 7.69. The fraction of sp³-hybridized carbons (Fsp3) is 0.400. The SMILES string of the molecule is CCC(Cl)c1c(C)nn(Cc2ccccc2Br)c1C. The van der Waals surface area contributed by atoms with Gasteiger partial charge in [0.2, 0.25) is 0 Å². The van der Waals surface area contributed by atoms with Crippen molar-refractivity contribution < 1.29 is 0 Å². The number of hydrogen-bond acceptors (Lipinski definition) is 1. The minimum atomic E-state index is 0.0490. The summed E-state index contributed by atoms with van der Waals surface area (Å²) in [7, 11) is 0. The van der Waals surface area contributed by atoms with Gasteiger partial charge >= 0.3 is 0 Å². The number of aryl methyl sites for hydroxylation is 1. The van der Waals surface area contributed by atoms with Gasteiger partial charge in [-0.2, -0.15) is 5.10 Å². The van der Waals surface area contributed by atoms with Gasteiger partial charge in [0.15, 0.2) is 0 Å². The summed E-state index contributed by atoms with van der Waals surface area (Å²) in [6.07, 6.45) is 0.921. The second kappa shape index (κ2) is 6.10. The van der Waals surface area contributed by atoms with Crippen LogP contribution in [0.1, 0.15) is 41.2 Å². The predicted octanol–water partition coefficient (Wildman–Crippen LogP) is 5.00. The van der Waals surface area contributed by atoms with Crippen LogP contribution in [-0.4, -0.2) is 9.78 Å². The van der Waals surface area contributed by atoms with Gasteiger partial charge in [0.25, 0.3) is 0 Å². The molecule has 1 aromatic carbocycles. The number of halogens is 2. The Morgan fingerprint density at radius 1 is 1.32 bits per heavy atom. The quantitative estimate of drug-likeness (QED) is 0.715. The van der Waals surface area contributed by atoms with Gasteiger partial charge in [-0.15, -0.1) is 11.6 Å². The fourth-order valence-corrected chi connectivity index (χ4v) is 3.04.